The van der Waals surface area contributed by atoms with Gasteiger partial charge in [-0.1, -0.05) is 6.07 Å². The van der Waals surface area contributed by atoms with Crippen LogP contribution in [0.15, 0.2) is 53.4 Å². The third kappa shape index (κ3) is 7.15. The van der Waals surface area contributed by atoms with Crippen LogP contribution < -0.4 is 14.4 Å². The number of anilines is 1. The maximum Gasteiger partial charge on any atom is 0.271 e. The molecule has 0 radical (unpaired) electrons. The van der Waals surface area contributed by atoms with E-state index in [0.717, 1.165) is 16.6 Å². The summed E-state index contributed by atoms with van der Waals surface area (Å²) in [6.45, 7) is 2.69. The van der Waals surface area contributed by atoms with Gasteiger partial charge in [0, 0.05) is 25.2 Å². The Hall–Kier alpha value is -3.27. The summed E-state index contributed by atoms with van der Waals surface area (Å²) in [7, 11) is -7.57. The second-order valence-corrected chi connectivity index (χ2v) is 11.9. The maximum absolute atomic E-state index is 12.7. The van der Waals surface area contributed by atoms with Crippen LogP contribution in [0.2, 0.25) is 0 Å². The van der Waals surface area contributed by atoms with Crippen LogP contribution in [0.5, 0.6) is 5.75 Å². The van der Waals surface area contributed by atoms with E-state index in [-0.39, 0.29) is 42.5 Å². The van der Waals surface area contributed by atoms with E-state index in [0.29, 0.717) is 19.0 Å². The van der Waals surface area contributed by atoms with Crippen molar-refractivity contribution in [2.45, 2.75) is 17.9 Å². The van der Waals surface area contributed by atoms with Gasteiger partial charge in [-0.25, -0.2) is 16.8 Å². The van der Waals surface area contributed by atoms with Crippen LogP contribution in [0.3, 0.4) is 0 Å². The highest BCUT2D eigenvalue weighted by molar-refractivity contribution is 7.92. The quantitative estimate of drug-likeness (QED) is 0.241. The van der Waals surface area contributed by atoms with Gasteiger partial charge in [0.25, 0.3) is 5.69 Å². The van der Waals surface area contributed by atoms with Gasteiger partial charge in [0.15, 0.2) is 0 Å². The summed E-state index contributed by atoms with van der Waals surface area (Å²) in [5.41, 5.74) is -0.321. The number of rotatable bonds is 11. The van der Waals surface area contributed by atoms with Crippen molar-refractivity contribution in [1.82, 2.24) is 9.62 Å². The predicted octanol–water partition coefficient (Wildman–Crippen LogP) is 0.965. The summed E-state index contributed by atoms with van der Waals surface area (Å²) < 4.78 is 63.0. The van der Waals surface area contributed by atoms with Gasteiger partial charge in [-0.05, 0) is 37.3 Å². The van der Waals surface area contributed by atoms with Gasteiger partial charge < -0.3 is 14.8 Å². The van der Waals surface area contributed by atoms with Gasteiger partial charge >= 0.3 is 0 Å². The predicted molar refractivity (Wildman–Crippen MR) is 134 cm³/mol. The molecule has 1 fully saturated rings. The SMILES string of the molecule is C[C@H](C(=O)NCCOc1ccc(S(=O)(=O)N2CCOCC2)cc1)N(c1cccc([N+](=O)[O-])c1)S(C)(=O)=O. The summed E-state index contributed by atoms with van der Waals surface area (Å²) in [5, 5.41) is 13.6. The van der Waals surface area contributed by atoms with Crippen molar-refractivity contribution in [3.8, 4) is 5.75 Å². The molecule has 0 unspecified atom stereocenters. The lowest BCUT2D eigenvalue weighted by Crippen LogP contribution is -2.48. The third-order valence-corrected chi connectivity index (χ3v) is 8.64. The van der Waals surface area contributed by atoms with E-state index in [1.54, 1.807) is 0 Å². The summed E-state index contributed by atoms with van der Waals surface area (Å²) in [6.07, 6.45) is 0.904. The number of nitro benzene ring substituents is 1. The normalized spacial score (nSPS) is 15.5. The Bertz CT molecular complexity index is 1330. The number of sulfonamides is 2. The van der Waals surface area contributed by atoms with Gasteiger partial charge in [-0.15, -0.1) is 0 Å². The maximum atomic E-state index is 12.7. The molecular weight excluding hydrogens is 528 g/mol. The highest BCUT2D eigenvalue weighted by Gasteiger charge is 2.30. The second-order valence-electron chi connectivity index (χ2n) is 8.14. The number of nitrogens with zero attached hydrogens (tertiary/aromatic N) is 3. The van der Waals surface area contributed by atoms with Crippen molar-refractivity contribution in [3.63, 3.8) is 0 Å². The number of non-ortho nitro benzene ring substituents is 1. The molecule has 2 aromatic carbocycles. The van der Waals surface area contributed by atoms with Gasteiger partial charge in [0.05, 0.1) is 41.5 Å². The molecule has 3 rings (SSSR count). The molecule has 1 saturated heterocycles. The van der Waals surface area contributed by atoms with E-state index >= 15 is 0 Å². The molecule has 1 heterocycles. The Morgan fingerprint density at radius 1 is 1.16 bits per heavy atom. The molecule has 1 atom stereocenters. The third-order valence-electron chi connectivity index (χ3n) is 5.49. The van der Waals surface area contributed by atoms with Crippen molar-refractivity contribution in [2.75, 3.05) is 50.0 Å². The zero-order valence-electron chi connectivity index (χ0n) is 20.3. The number of benzene rings is 2. The van der Waals surface area contributed by atoms with E-state index in [4.69, 9.17) is 9.47 Å². The monoisotopic (exact) mass is 556 g/mol. The highest BCUT2D eigenvalue weighted by Crippen LogP contribution is 2.25. The molecule has 0 bridgehead atoms. The first-order valence-corrected chi connectivity index (χ1v) is 14.5. The first-order chi connectivity index (χ1) is 17.4. The molecule has 15 heteroatoms. The summed E-state index contributed by atoms with van der Waals surface area (Å²) in [5.74, 6) is -0.245. The van der Waals surface area contributed by atoms with Gasteiger partial charge in [0.1, 0.15) is 18.4 Å². The lowest BCUT2D eigenvalue weighted by atomic mass is 10.2. The fourth-order valence-electron chi connectivity index (χ4n) is 3.69. The number of carbonyl (C=O) groups excluding carboxylic acids is 1. The van der Waals surface area contributed by atoms with Crippen molar-refractivity contribution in [2.24, 2.45) is 0 Å². The fraction of sp³-hybridized carbons (Fsp3) is 0.409. The van der Waals surface area contributed by atoms with E-state index in [2.05, 4.69) is 5.32 Å². The van der Waals surface area contributed by atoms with Crippen LogP contribution in [0, 0.1) is 10.1 Å². The van der Waals surface area contributed by atoms with Crippen LogP contribution in [-0.2, 0) is 29.6 Å². The molecule has 0 spiro atoms. The smallest absolute Gasteiger partial charge is 0.271 e. The molecule has 0 saturated carbocycles. The zero-order valence-corrected chi connectivity index (χ0v) is 21.9. The molecule has 1 N–H and O–H groups in total. The molecule has 1 amide bonds. The lowest BCUT2D eigenvalue weighted by molar-refractivity contribution is -0.384. The average Bonchev–Trinajstić information content (AvgIpc) is 2.86. The number of carbonyl (C=O) groups is 1. The Balaban J connectivity index is 1.56. The molecule has 1 aliphatic heterocycles. The van der Waals surface area contributed by atoms with E-state index in [1.165, 1.54) is 53.7 Å². The van der Waals surface area contributed by atoms with Crippen molar-refractivity contribution < 1.29 is 36.0 Å². The van der Waals surface area contributed by atoms with E-state index in [1.807, 2.05) is 0 Å². The minimum atomic E-state index is -3.94. The van der Waals surface area contributed by atoms with Crippen LogP contribution in [0.4, 0.5) is 11.4 Å². The molecule has 2 aromatic rings. The van der Waals surface area contributed by atoms with Crippen LogP contribution >= 0.6 is 0 Å². The summed E-state index contributed by atoms with van der Waals surface area (Å²) in [6, 6.07) is 9.69. The van der Waals surface area contributed by atoms with Crippen LogP contribution in [0.1, 0.15) is 6.92 Å². The Labute approximate surface area is 215 Å². The number of ether oxygens (including phenoxy) is 2. The Morgan fingerprint density at radius 2 is 1.81 bits per heavy atom. The van der Waals surface area contributed by atoms with E-state index in [9.17, 15) is 31.7 Å². The van der Waals surface area contributed by atoms with Crippen molar-refractivity contribution in [1.29, 1.82) is 0 Å². The standard InChI is InChI=1S/C22H28N4O9S2/c1-17(25(36(2,30)31)18-4-3-5-19(16-18)26(28)29)22(27)23-10-13-35-20-6-8-21(9-7-20)37(32,33)24-11-14-34-15-12-24/h3-9,16-17H,10-15H2,1-2H3,(H,23,27)/t17-/m1/s1. The first kappa shape index (κ1) is 28.3. The lowest BCUT2D eigenvalue weighted by Gasteiger charge is -2.28. The number of hydrogen-bond donors (Lipinski definition) is 1. The molecule has 0 aliphatic carbocycles. The molecule has 1 aliphatic rings. The minimum absolute atomic E-state index is 0.0114. The van der Waals surface area contributed by atoms with Gasteiger partial charge in [-0.2, -0.15) is 4.31 Å². The second kappa shape index (κ2) is 11.9. The number of amides is 1. The van der Waals surface area contributed by atoms with Crippen LogP contribution in [-0.4, -0.2) is 83.7 Å². The Kier molecular flexibility index (Phi) is 9.07. The van der Waals surface area contributed by atoms with E-state index < -0.39 is 36.9 Å². The van der Waals surface area contributed by atoms with Crippen molar-refractivity contribution in [3.05, 3.63) is 58.6 Å². The first-order valence-electron chi connectivity index (χ1n) is 11.2. The largest absolute Gasteiger partial charge is 0.492 e. The minimum Gasteiger partial charge on any atom is -0.492 e. The van der Waals surface area contributed by atoms with Crippen molar-refractivity contribution >= 4 is 37.3 Å². The molecule has 13 nitrogen and oxygen atoms in total. The topological polar surface area (TPSA) is 165 Å². The number of nitro groups is 1. The van der Waals surface area contributed by atoms with Crippen LogP contribution in [0.25, 0.3) is 0 Å². The molecule has 202 valence electrons. The molecule has 37 heavy (non-hydrogen) atoms. The summed E-state index contributed by atoms with van der Waals surface area (Å²) in [4.78, 5) is 23.2. The Morgan fingerprint density at radius 3 is 2.41 bits per heavy atom. The summed E-state index contributed by atoms with van der Waals surface area (Å²) >= 11 is 0. The van der Waals surface area contributed by atoms with Gasteiger partial charge in [0.2, 0.25) is 26.0 Å². The highest BCUT2D eigenvalue weighted by atomic mass is 32.2. The average molecular weight is 557 g/mol. The number of nitrogens with one attached hydrogen (secondary N) is 1. The number of morpholine rings is 1. The number of hydrogen-bond acceptors (Lipinski definition) is 9. The molecular formula is C22H28N4O9S2. The molecule has 0 aromatic heterocycles. The van der Waals surface area contributed by atoms with Gasteiger partial charge in [-0.3, -0.25) is 19.2 Å². The fourth-order valence-corrected chi connectivity index (χ4v) is 6.26. The zero-order chi connectivity index (χ0) is 27.2.